The van der Waals surface area contributed by atoms with Gasteiger partial charge in [-0.25, -0.2) is 4.98 Å². The summed E-state index contributed by atoms with van der Waals surface area (Å²) in [6.07, 6.45) is 2.23. The molecule has 17 heavy (non-hydrogen) atoms. The highest BCUT2D eigenvalue weighted by atomic mass is 35.5. The monoisotopic (exact) mass is 275 g/mol. The molecular weight excluding hydrogens is 257 g/mol. The lowest BCUT2D eigenvalue weighted by molar-refractivity contribution is 0.527. The molecule has 1 aromatic rings. The van der Waals surface area contributed by atoms with E-state index in [9.17, 15) is 0 Å². The number of rotatable bonds is 5. The molecule has 0 aliphatic carbocycles. The summed E-state index contributed by atoms with van der Waals surface area (Å²) < 4.78 is 0. The van der Waals surface area contributed by atoms with E-state index in [1.165, 1.54) is 0 Å². The Morgan fingerprint density at radius 3 is 2.47 bits per heavy atom. The zero-order valence-electron chi connectivity index (χ0n) is 10.4. The maximum absolute atomic E-state index is 6.04. The smallest absolute Gasteiger partial charge is 0.147 e. The van der Waals surface area contributed by atoms with E-state index < -0.39 is 0 Å². The van der Waals surface area contributed by atoms with Crippen molar-refractivity contribution >= 4 is 34.8 Å². The SMILES string of the molecule is CC(C)CCC(C)Nc1nc(N)c(Cl)cc1Cl. The number of anilines is 2. The summed E-state index contributed by atoms with van der Waals surface area (Å²) in [6.45, 7) is 6.52. The predicted molar refractivity (Wildman–Crippen MR) is 75.8 cm³/mol. The van der Waals surface area contributed by atoms with Gasteiger partial charge < -0.3 is 11.1 Å². The van der Waals surface area contributed by atoms with Crippen LogP contribution in [0.5, 0.6) is 0 Å². The van der Waals surface area contributed by atoms with Gasteiger partial charge in [-0.15, -0.1) is 0 Å². The van der Waals surface area contributed by atoms with Crippen molar-refractivity contribution in [2.45, 2.75) is 39.7 Å². The number of nitrogens with one attached hydrogen (secondary N) is 1. The summed E-state index contributed by atoms with van der Waals surface area (Å²) >= 11 is 11.9. The highest BCUT2D eigenvalue weighted by Crippen LogP contribution is 2.28. The lowest BCUT2D eigenvalue weighted by atomic mass is 10.0. The second kappa shape index (κ2) is 6.31. The Labute approximate surface area is 113 Å². The molecule has 0 saturated heterocycles. The third kappa shape index (κ3) is 4.60. The second-order valence-corrected chi connectivity index (χ2v) is 5.52. The zero-order valence-corrected chi connectivity index (χ0v) is 11.9. The van der Waals surface area contributed by atoms with Crippen LogP contribution in [0.25, 0.3) is 0 Å². The minimum atomic E-state index is 0.301. The van der Waals surface area contributed by atoms with E-state index in [1.807, 2.05) is 0 Å². The Balaban J connectivity index is 2.65. The number of hydrogen-bond donors (Lipinski definition) is 2. The number of aromatic nitrogens is 1. The molecule has 1 heterocycles. The molecule has 0 spiro atoms. The highest BCUT2D eigenvalue weighted by Gasteiger charge is 2.10. The van der Waals surface area contributed by atoms with Gasteiger partial charge in [-0.1, -0.05) is 37.0 Å². The van der Waals surface area contributed by atoms with Gasteiger partial charge in [-0.3, -0.25) is 0 Å². The summed E-state index contributed by atoms with van der Waals surface area (Å²) in [6, 6.07) is 1.92. The molecule has 0 aromatic carbocycles. The Kier molecular flexibility index (Phi) is 5.34. The van der Waals surface area contributed by atoms with Crippen LogP contribution in [0.1, 0.15) is 33.6 Å². The van der Waals surface area contributed by atoms with Crippen LogP contribution < -0.4 is 11.1 Å². The van der Waals surface area contributed by atoms with Crippen LogP contribution in [-0.4, -0.2) is 11.0 Å². The zero-order chi connectivity index (χ0) is 13.0. The molecule has 1 atom stereocenters. The fourth-order valence-corrected chi connectivity index (χ4v) is 1.88. The van der Waals surface area contributed by atoms with Crippen LogP contribution in [0.15, 0.2) is 6.07 Å². The molecule has 96 valence electrons. The van der Waals surface area contributed by atoms with E-state index >= 15 is 0 Å². The van der Waals surface area contributed by atoms with Crippen molar-refractivity contribution in [2.24, 2.45) is 5.92 Å². The summed E-state index contributed by atoms with van der Waals surface area (Å²) in [7, 11) is 0. The molecule has 1 unspecified atom stereocenters. The molecule has 1 aromatic heterocycles. The largest absolute Gasteiger partial charge is 0.382 e. The lowest BCUT2D eigenvalue weighted by Crippen LogP contribution is -2.17. The highest BCUT2D eigenvalue weighted by molar-refractivity contribution is 6.37. The molecule has 5 heteroatoms. The van der Waals surface area contributed by atoms with Crippen LogP contribution in [0, 0.1) is 5.92 Å². The molecule has 0 amide bonds. The fraction of sp³-hybridized carbons (Fsp3) is 0.583. The van der Waals surface area contributed by atoms with Gasteiger partial charge in [0.1, 0.15) is 11.6 Å². The van der Waals surface area contributed by atoms with E-state index in [4.69, 9.17) is 28.9 Å². The third-order valence-electron chi connectivity index (χ3n) is 2.52. The molecule has 0 aliphatic rings. The van der Waals surface area contributed by atoms with E-state index in [-0.39, 0.29) is 0 Å². The molecule has 3 N–H and O–H groups in total. The van der Waals surface area contributed by atoms with Gasteiger partial charge in [0.05, 0.1) is 10.0 Å². The van der Waals surface area contributed by atoms with Crippen molar-refractivity contribution in [3.8, 4) is 0 Å². The maximum atomic E-state index is 6.04. The van der Waals surface area contributed by atoms with Gasteiger partial charge in [0.2, 0.25) is 0 Å². The van der Waals surface area contributed by atoms with E-state index in [2.05, 4.69) is 31.1 Å². The van der Waals surface area contributed by atoms with Gasteiger partial charge in [0, 0.05) is 6.04 Å². The van der Waals surface area contributed by atoms with E-state index in [0.29, 0.717) is 33.6 Å². The second-order valence-electron chi connectivity index (χ2n) is 4.70. The molecule has 0 radical (unpaired) electrons. The van der Waals surface area contributed by atoms with Crippen molar-refractivity contribution in [1.29, 1.82) is 0 Å². The number of nitrogens with two attached hydrogens (primary N) is 1. The minimum absolute atomic E-state index is 0.301. The van der Waals surface area contributed by atoms with Crippen LogP contribution in [0.4, 0.5) is 11.6 Å². The summed E-state index contributed by atoms with van der Waals surface area (Å²) in [5, 5.41) is 4.14. The van der Waals surface area contributed by atoms with Gasteiger partial charge in [-0.2, -0.15) is 0 Å². The van der Waals surface area contributed by atoms with Crippen molar-refractivity contribution < 1.29 is 0 Å². The van der Waals surface area contributed by atoms with Crippen LogP contribution in [0.2, 0.25) is 10.0 Å². The van der Waals surface area contributed by atoms with Gasteiger partial charge in [-0.05, 0) is 31.7 Å². The first-order chi connectivity index (χ1) is 7.90. The quantitative estimate of drug-likeness (QED) is 0.847. The van der Waals surface area contributed by atoms with Crippen molar-refractivity contribution in [2.75, 3.05) is 11.1 Å². The molecule has 1 rings (SSSR count). The molecule has 3 nitrogen and oxygen atoms in total. The molecule has 0 fully saturated rings. The van der Waals surface area contributed by atoms with Gasteiger partial charge in [0.25, 0.3) is 0 Å². The summed E-state index contributed by atoms with van der Waals surface area (Å²) in [5.41, 5.74) is 5.65. The Morgan fingerprint density at radius 1 is 1.24 bits per heavy atom. The number of nitrogen functional groups attached to an aromatic ring is 1. The first kappa shape index (κ1) is 14.4. The lowest BCUT2D eigenvalue weighted by Gasteiger charge is -2.17. The first-order valence-corrected chi connectivity index (χ1v) is 6.53. The molecule has 0 bridgehead atoms. The van der Waals surface area contributed by atoms with Crippen molar-refractivity contribution in [3.63, 3.8) is 0 Å². The van der Waals surface area contributed by atoms with E-state index in [1.54, 1.807) is 6.07 Å². The van der Waals surface area contributed by atoms with Crippen LogP contribution >= 0.6 is 23.2 Å². The topological polar surface area (TPSA) is 50.9 Å². The standard InChI is InChI=1S/C12H19Cl2N3/c1-7(2)4-5-8(3)16-12-10(14)6-9(13)11(15)17-12/h6-8H,4-5H2,1-3H3,(H3,15,16,17). The Hall–Kier alpha value is -0.670. The first-order valence-electron chi connectivity index (χ1n) is 5.78. The molecular formula is C12H19Cl2N3. The van der Waals surface area contributed by atoms with Gasteiger partial charge in [0.15, 0.2) is 0 Å². The fourth-order valence-electron chi connectivity index (χ4n) is 1.47. The molecule has 0 aliphatic heterocycles. The number of pyridine rings is 1. The average Bonchev–Trinajstić information content (AvgIpc) is 2.23. The normalized spacial score (nSPS) is 12.8. The third-order valence-corrected chi connectivity index (χ3v) is 3.11. The van der Waals surface area contributed by atoms with Crippen LogP contribution in [-0.2, 0) is 0 Å². The average molecular weight is 276 g/mol. The summed E-state index contributed by atoms with van der Waals surface area (Å²) in [5.74, 6) is 1.59. The minimum Gasteiger partial charge on any atom is -0.382 e. The van der Waals surface area contributed by atoms with Crippen LogP contribution in [0.3, 0.4) is 0 Å². The van der Waals surface area contributed by atoms with Crippen molar-refractivity contribution in [1.82, 2.24) is 4.98 Å². The Bertz CT molecular complexity index is 380. The summed E-state index contributed by atoms with van der Waals surface area (Å²) in [4.78, 5) is 4.14. The Morgan fingerprint density at radius 2 is 1.88 bits per heavy atom. The number of nitrogens with zero attached hydrogens (tertiary/aromatic N) is 1. The molecule has 0 saturated carbocycles. The number of halogens is 2. The van der Waals surface area contributed by atoms with E-state index in [0.717, 1.165) is 12.8 Å². The van der Waals surface area contributed by atoms with Gasteiger partial charge >= 0.3 is 0 Å². The van der Waals surface area contributed by atoms with Crippen molar-refractivity contribution in [3.05, 3.63) is 16.1 Å². The number of hydrogen-bond acceptors (Lipinski definition) is 3. The maximum Gasteiger partial charge on any atom is 0.147 e. The predicted octanol–water partition coefficient (Wildman–Crippen LogP) is 4.21.